The normalized spacial score (nSPS) is 25.3. The minimum atomic E-state index is -0.0255. The van der Waals surface area contributed by atoms with E-state index in [9.17, 15) is 9.90 Å². The third-order valence-corrected chi connectivity index (χ3v) is 7.45. The van der Waals surface area contributed by atoms with Gasteiger partial charge < -0.3 is 15.3 Å². The molecule has 31 heavy (non-hydrogen) atoms. The molecular formula is C26H29N3O2. The van der Waals surface area contributed by atoms with Gasteiger partial charge in [-0.3, -0.25) is 4.79 Å². The second-order valence-corrected chi connectivity index (χ2v) is 9.19. The van der Waals surface area contributed by atoms with E-state index < -0.39 is 0 Å². The molecule has 3 aliphatic rings. The molecule has 3 atom stereocenters. The minimum Gasteiger partial charge on any atom is -0.394 e. The maximum absolute atomic E-state index is 13.5. The van der Waals surface area contributed by atoms with Gasteiger partial charge in [-0.15, -0.1) is 0 Å². The van der Waals surface area contributed by atoms with Gasteiger partial charge in [0.15, 0.2) is 0 Å². The number of hydrogen-bond acceptors (Lipinski definition) is 4. The van der Waals surface area contributed by atoms with Crippen molar-refractivity contribution in [3.63, 3.8) is 0 Å². The molecule has 1 saturated heterocycles. The standard InChI is InChI=1S/C26H29N3O2/c27-15-17-6-8-18(9-7-17)20-10-11-23-22(14-20)25-21(24(16-30)28-23)12-13-29(25)26(31)19-4-2-1-3-5-19/h6-11,14,19,21,24-25,28,30H,1-5,12-13,16H2/t21-,24-,25-/m0/s1. The Morgan fingerprint density at radius 1 is 1.06 bits per heavy atom. The molecule has 0 aromatic heterocycles. The predicted molar refractivity (Wildman–Crippen MR) is 120 cm³/mol. The Balaban J connectivity index is 1.51. The Hall–Kier alpha value is -2.84. The summed E-state index contributed by atoms with van der Waals surface area (Å²) in [5.41, 5.74) is 4.96. The van der Waals surface area contributed by atoms with E-state index in [4.69, 9.17) is 5.26 Å². The third kappa shape index (κ3) is 3.59. The fraction of sp³-hybridized carbons (Fsp3) is 0.462. The van der Waals surface area contributed by atoms with Crippen LogP contribution in [0.15, 0.2) is 42.5 Å². The van der Waals surface area contributed by atoms with Crippen LogP contribution in [0.25, 0.3) is 11.1 Å². The lowest BCUT2D eigenvalue weighted by Gasteiger charge is -2.40. The highest BCUT2D eigenvalue weighted by molar-refractivity contribution is 5.81. The number of fused-ring (bicyclic) bond motifs is 3. The number of nitrogens with one attached hydrogen (secondary N) is 1. The van der Waals surface area contributed by atoms with Crippen LogP contribution in [-0.2, 0) is 4.79 Å². The van der Waals surface area contributed by atoms with Crippen LogP contribution in [0.5, 0.6) is 0 Å². The van der Waals surface area contributed by atoms with E-state index in [0.29, 0.717) is 11.5 Å². The van der Waals surface area contributed by atoms with Crippen LogP contribution < -0.4 is 5.32 Å². The van der Waals surface area contributed by atoms with Crippen molar-refractivity contribution in [2.45, 2.75) is 50.6 Å². The number of aliphatic hydroxyl groups excluding tert-OH is 1. The van der Waals surface area contributed by atoms with E-state index >= 15 is 0 Å². The van der Waals surface area contributed by atoms with Crippen LogP contribution >= 0.6 is 0 Å². The van der Waals surface area contributed by atoms with E-state index in [1.165, 1.54) is 6.42 Å². The van der Waals surface area contributed by atoms with Gasteiger partial charge in [0.05, 0.1) is 30.3 Å². The molecule has 2 heterocycles. The Labute approximate surface area is 183 Å². The van der Waals surface area contributed by atoms with Crippen LogP contribution in [0.4, 0.5) is 5.69 Å². The zero-order valence-corrected chi connectivity index (χ0v) is 17.8. The van der Waals surface area contributed by atoms with Crippen molar-refractivity contribution in [2.24, 2.45) is 11.8 Å². The second-order valence-electron chi connectivity index (χ2n) is 9.19. The monoisotopic (exact) mass is 415 g/mol. The number of carbonyl (C=O) groups excluding carboxylic acids is 1. The van der Waals surface area contributed by atoms with E-state index in [1.807, 2.05) is 24.3 Å². The average Bonchev–Trinajstić information content (AvgIpc) is 3.29. The zero-order valence-electron chi connectivity index (χ0n) is 17.8. The van der Waals surface area contributed by atoms with Crippen molar-refractivity contribution >= 4 is 11.6 Å². The summed E-state index contributed by atoms with van der Waals surface area (Å²) in [6.07, 6.45) is 6.47. The van der Waals surface area contributed by atoms with Crippen LogP contribution in [0.1, 0.15) is 55.7 Å². The highest BCUT2D eigenvalue weighted by Gasteiger charge is 2.46. The summed E-state index contributed by atoms with van der Waals surface area (Å²) >= 11 is 0. The first-order chi connectivity index (χ1) is 15.2. The summed E-state index contributed by atoms with van der Waals surface area (Å²) in [5, 5.41) is 22.6. The first kappa shape index (κ1) is 20.1. The number of amides is 1. The Morgan fingerprint density at radius 3 is 2.52 bits per heavy atom. The average molecular weight is 416 g/mol. The molecule has 5 heteroatoms. The highest BCUT2D eigenvalue weighted by Crippen LogP contribution is 2.48. The van der Waals surface area contributed by atoms with Crippen LogP contribution in [0.2, 0.25) is 0 Å². The molecule has 0 radical (unpaired) electrons. The van der Waals surface area contributed by atoms with E-state index in [1.54, 1.807) is 0 Å². The van der Waals surface area contributed by atoms with Gasteiger partial charge in [-0.25, -0.2) is 0 Å². The number of benzene rings is 2. The van der Waals surface area contributed by atoms with Crippen molar-refractivity contribution in [1.82, 2.24) is 4.90 Å². The molecular weight excluding hydrogens is 386 g/mol. The summed E-state index contributed by atoms with van der Waals surface area (Å²) in [6.45, 7) is 0.840. The fourth-order valence-electron chi connectivity index (χ4n) is 5.81. The van der Waals surface area contributed by atoms with E-state index in [0.717, 1.165) is 61.0 Å². The second kappa shape index (κ2) is 8.36. The van der Waals surface area contributed by atoms with Crippen molar-refractivity contribution in [3.05, 3.63) is 53.6 Å². The molecule has 2 aliphatic heterocycles. The molecule has 5 nitrogen and oxygen atoms in total. The topological polar surface area (TPSA) is 76.4 Å². The number of anilines is 1. The lowest BCUT2D eigenvalue weighted by Crippen LogP contribution is -2.44. The Kier molecular flexibility index (Phi) is 5.41. The van der Waals surface area contributed by atoms with Crippen molar-refractivity contribution < 1.29 is 9.90 Å². The molecule has 1 aliphatic carbocycles. The SMILES string of the molecule is N#Cc1ccc(-c2ccc3c(c2)[C@@H]2[C@@H](CCN2C(=O)C2CCCCC2)[C@H](CO)N3)cc1. The lowest BCUT2D eigenvalue weighted by atomic mass is 9.81. The largest absolute Gasteiger partial charge is 0.394 e. The molecule has 2 N–H and O–H groups in total. The van der Waals surface area contributed by atoms with E-state index in [2.05, 4.69) is 34.5 Å². The fourth-order valence-corrected chi connectivity index (χ4v) is 5.81. The summed E-state index contributed by atoms with van der Waals surface area (Å²) in [5.74, 6) is 0.682. The molecule has 2 fully saturated rings. The summed E-state index contributed by atoms with van der Waals surface area (Å²) in [7, 11) is 0. The smallest absolute Gasteiger partial charge is 0.226 e. The molecule has 2 aromatic carbocycles. The third-order valence-electron chi connectivity index (χ3n) is 7.45. The number of hydrogen-bond donors (Lipinski definition) is 2. The molecule has 1 amide bonds. The molecule has 0 spiro atoms. The maximum Gasteiger partial charge on any atom is 0.226 e. The van der Waals surface area contributed by atoms with Gasteiger partial charge in [0.1, 0.15) is 0 Å². The quantitative estimate of drug-likeness (QED) is 0.775. The number of carbonyl (C=O) groups is 1. The maximum atomic E-state index is 13.5. The molecule has 1 saturated carbocycles. The van der Waals surface area contributed by atoms with Crippen molar-refractivity contribution in [3.8, 4) is 17.2 Å². The van der Waals surface area contributed by atoms with Gasteiger partial charge >= 0.3 is 0 Å². The number of nitriles is 1. The first-order valence-corrected chi connectivity index (χ1v) is 11.5. The molecule has 0 bridgehead atoms. The molecule has 160 valence electrons. The van der Waals surface area contributed by atoms with Crippen LogP contribution in [-0.4, -0.2) is 35.1 Å². The van der Waals surface area contributed by atoms with E-state index in [-0.39, 0.29) is 30.5 Å². The van der Waals surface area contributed by atoms with Gasteiger partial charge in [0, 0.05) is 24.1 Å². The molecule has 5 rings (SSSR count). The predicted octanol–water partition coefficient (Wildman–Crippen LogP) is 4.48. The summed E-state index contributed by atoms with van der Waals surface area (Å²) < 4.78 is 0. The number of aliphatic hydroxyl groups is 1. The minimum absolute atomic E-state index is 0.0150. The highest BCUT2D eigenvalue weighted by atomic mass is 16.3. The van der Waals surface area contributed by atoms with Gasteiger partial charge in [-0.2, -0.15) is 5.26 Å². The van der Waals surface area contributed by atoms with Gasteiger partial charge in [-0.05, 0) is 60.2 Å². The summed E-state index contributed by atoms with van der Waals surface area (Å²) in [6, 6.07) is 16.1. The number of rotatable bonds is 3. The number of nitrogens with zero attached hydrogens (tertiary/aromatic N) is 2. The lowest BCUT2D eigenvalue weighted by molar-refractivity contribution is -0.138. The van der Waals surface area contributed by atoms with Crippen molar-refractivity contribution in [2.75, 3.05) is 18.5 Å². The van der Waals surface area contributed by atoms with Crippen LogP contribution in [0, 0.1) is 23.2 Å². The Bertz CT molecular complexity index is 1000. The van der Waals surface area contributed by atoms with Crippen LogP contribution in [0.3, 0.4) is 0 Å². The Morgan fingerprint density at radius 2 is 1.81 bits per heavy atom. The van der Waals surface area contributed by atoms with Gasteiger partial charge in [0.2, 0.25) is 5.91 Å². The van der Waals surface area contributed by atoms with Gasteiger partial charge in [-0.1, -0.05) is 37.5 Å². The molecule has 0 unspecified atom stereocenters. The van der Waals surface area contributed by atoms with Crippen molar-refractivity contribution in [1.29, 1.82) is 5.26 Å². The number of likely N-dealkylation sites (tertiary alicyclic amines) is 1. The van der Waals surface area contributed by atoms with Gasteiger partial charge in [0.25, 0.3) is 0 Å². The summed E-state index contributed by atoms with van der Waals surface area (Å²) in [4.78, 5) is 15.6. The first-order valence-electron chi connectivity index (χ1n) is 11.5. The molecule has 2 aromatic rings. The zero-order chi connectivity index (χ0) is 21.4.